The predicted octanol–water partition coefficient (Wildman–Crippen LogP) is 1.16. The quantitative estimate of drug-likeness (QED) is 0.626. The van der Waals surface area contributed by atoms with Crippen LogP contribution in [0.2, 0.25) is 0 Å². The minimum atomic E-state index is -0.921. The van der Waals surface area contributed by atoms with Crippen LogP contribution in [0.15, 0.2) is 39.9 Å². The summed E-state index contributed by atoms with van der Waals surface area (Å²) in [6.45, 7) is 0. The first kappa shape index (κ1) is 14.4. The van der Waals surface area contributed by atoms with Gasteiger partial charge in [-0.3, -0.25) is 24.0 Å². The molecule has 1 heterocycles. The van der Waals surface area contributed by atoms with Crippen molar-refractivity contribution in [2.45, 2.75) is 0 Å². The molecule has 0 N–H and O–H groups in total. The van der Waals surface area contributed by atoms with Crippen molar-refractivity contribution in [1.82, 2.24) is 9.13 Å². The summed E-state index contributed by atoms with van der Waals surface area (Å²) in [6, 6.07) is 9.09. The fourth-order valence-corrected chi connectivity index (χ4v) is 1.94. The van der Waals surface area contributed by atoms with Gasteiger partial charge in [0.25, 0.3) is 0 Å². The van der Waals surface area contributed by atoms with E-state index in [0.29, 0.717) is 0 Å². The van der Waals surface area contributed by atoms with Crippen LogP contribution >= 0.6 is 0 Å². The normalized spacial score (nSPS) is 11.0. The molecular formula is C14H13N3O4. The van der Waals surface area contributed by atoms with E-state index in [0.717, 1.165) is 14.7 Å². The molecule has 1 aromatic carbocycles. The Hall–Kier alpha value is -2.96. The molecule has 0 aliphatic rings. The lowest BCUT2D eigenvalue weighted by Crippen LogP contribution is -2.39. The molecule has 108 valence electrons. The number of rotatable bonds is 3. The predicted molar refractivity (Wildman–Crippen MR) is 78.9 cm³/mol. The summed E-state index contributed by atoms with van der Waals surface area (Å²) in [5, 5.41) is 11.1. The van der Waals surface area contributed by atoms with Crippen LogP contribution in [0.1, 0.15) is 11.3 Å². The number of benzene rings is 1. The molecule has 1 aromatic heterocycles. The number of nitrogens with zero attached hydrogens (tertiary/aromatic N) is 3. The fourth-order valence-electron chi connectivity index (χ4n) is 1.94. The standard InChI is InChI=1S/C14H13N3O4/c1-15-11(9-8-10-6-4-3-5-7-10)12(17(20)21)13(18)16(2)14(15)19/h3-9H,1-2H3. The Morgan fingerprint density at radius 1 is 1.05 bits per heavy atom. The number of nitro groups is 1. The van der Waals surface area contributed by atoms with Gasteiger partial charge in [-0.1, -0.05) is 36.4 Å². The monoisotopic (exact) mass is 287 g/mol. The van der Waals surface area contributed by atoms with E-state index in [1.807, 2.05) is 30.3 Å². The van der Waals surface area contributed by atoms with Gasteiger partial charge in [-0.25, -0.2) is 4.79 Å². The average molecular weight is 287 g/mol. The molecule has 0 aliphatic carbocycles. The van der Waals surface area contributed by atoms with Crippen molar-refractivity contribution < 1.29 is 4.92 Å². The third kappa shape index (κ3) is 2.66. The number of aromatic nitrogens is 2. The summed E-state index contributed by atoms with van der Waals surface area (Å²) in [5.41, 5.74) is -1.38. The summed E-state index contributed by atoms with van der Waals surface area (Å²) in [6.07, 6.45) is 3.01. The van der Waals surface area contributed by atoms with Gasteiger partial charge in [0, 0.05) is 14.1 Å². The second-order valence-corrected chi connectivity index (χ2v) is 4.44. The smallest absolute Gasteiger partial charge is 0.291 e. The molecular weight excluding hydrogens is 274 g/mol. The van der Waals surface area contributed by atoms with Crippen LogP contribution < -0.4 is 11.2 Å². The third-order valence-electron chi connectivity index (χ3n) is 3.10. The first-order valence-corrected chi connectivity index (χ1v) is 6.11. The van der Waals surface area contributed by atoms with Crippen LogP contribution in [0.5, 0.6) is 0 Å². The highest BCUT2D eigenvalue weighted by atomic mass is 16.6. The van der Waals surface area contributed by atoms with Gasteiger partial charge in [0.15, 0.2) is 0 Å². The third-order valence-corrected chi connectivity index (χ3v) is 3.10. The molecule has 0 bridgehead atoms. The molecule has 21 heavy (non-hydrogen) atoms. The topological polar surface area (TPSA) is 87.1 Å². The van der Waals surface area contributed by atoms with Crippen molar-refractivity contribution >= 4 is 17.8 Å². The first-order chi connectivity index (χ1) is 9.93. The molecule has 0 radical (unpaired) electrons. The molecule has 0 fully saturated rings. The highest BCUT2D eigenvalue weighted by Gasteiger charge is 2.23. The summed E-state index contributed by atoms with van der Waals surface area (Å²) < 4.78 is 1.80. The van der Waals surface area contributed by atoms with E-state index in [2.05, 4.69) is 0 Å². The van der Waals surface area contributed by atoms with E-state index in [4.69, 9.17) is 0 Å². The lowest BCUT2D eigenvalue weighted by atomic mass is 10.2. The second-order valence-electron chi connectivity index (χ2n) is 4.44. The maximum atomic E-state index is 11.9. The van der Waals surface area contributed by atoms with Crippen LogP contribution in [0, 0.1) is 10.1 Å². The number of hydrogen-bond acceptors (Lipinski definition) is 4. The Morgan fingerprint density at radius 3 is 2.24 bits per heavy atom. The molecule has 0 atom stereocenters. The van der Waals surface area contributed by atoms with E-state index in [1.54, 1.807) is 6.08 Å². The summed E-state index contributed by atoms with van der Waals surface area (Å²) in [4.78, 5) is 34.1. The maximum absolute atomic E-state index is 11.9. The fraction of sp³-hybridized carbons (Fsp3) is 0.143. The van der Waals surface area contributed by atoms with Gasteiger partial charge >= 0.3 is 16.9 Å². The zero-order valence-electron chi connectivity index (χ0n) is 11.5. The minimum Gasteiger partial charge on any atom is -0.291 e. The zero-order chi connectivity index (χ0) is 15.6. The van der Waals surface area contributed by atoms with Crippen molar-refractivity contribution in [3.05, 3.63) is 72.5 Å². The lowest BCUT2D eigenvalue weighted by Gasteiger charge is -2.06. The van der Waals surface area contributed by atoms with E-state index >= 15 is 0 Å². The number of hydrogen-bond donors (Lipinski definition) is 0. The van der Waals surface area contributed by atoms with E-state index < -0.39 is 21.9 Å². The van der Waals surface area contributed by atoms with Crippen molar-refractivity contribution in [3.8, 4) is 0 Å². The van der Waals surface area contributed by atoms with Crippen LogP contribution in [-0.4, -0.2) is 14.1 Å². The molecule has 0 unspecified atom stereocenters. The molecule has 2 aromatic rings. The Balaban J connectivity index is 2.69. The van der Waals surface area contributed by atoms with Gasteiger partial charge in [-0.05, 0) is 11.6 Å². The Labute approximate surface area is 119 Å². The Kier molecular flexibility index (Phi) is 3.84. The molecule has 7 nitrogen and oxygen atoms in total. The van der Waals surface area contributed by atoms with Crippen LogP contribution in [0.25, 0.3) is 12.2 Å². The molecule has 0 amide bonds. The van der Waals surface area contributed by atoms with E-state index in [-0.39, 0.29) is 5.69 Å². The van der Waals surface area contributed by atoms with E-state index in [1.165, 1.54) is 20.2 Å². The van der Waals surface area contributed by atoms with Crippen LogP contribution in [0.4, 0.5) is 5.69 Å². The molecule has 0 spiro atoms. The summed E-state index contributed by atoms with van der Waals surface area (Å²) in [5.74, 6) is 0. The largest absolute Gasteiger partial charge is 0.357 e. The van der Waals surface area contributed by atoms with Crippen molar-refractivity contribution in [1.29, 1.82) is 0 Å². The SMILES string of the molecule is Cn1c(C=Cc2ccccc2)c([N+](=O)[O-])c(=O)n(C)c1=O. The molecule has 7 heteroatoms. The molecule has 2 rings (SSSR count). The highest BCUT2D eigenvalue weighted by Crippen LogP contribution is 2.14. The second kappa shape index (κ2) is 5.58. The van der Waals surface area contributed by atoms with Crippen LogP contribution in [-0.2, 0) is 14.1 Å². The minimum absolute atomic E-state index is 0.0306. The van der Waals surface area contributed by atoms with Gasteiger partial charge in [0.2, 0.25) is 0 Å². The van der Waals surface area contributed by atoms with Crippen LogP contribution in [0.3, 0.4) is 0 Å². The summed E-state index contributed by atoms with van der Waals surface area (Å²) in [7, 11) is 2.60. The Bertz CT molecular complexity index is 832. The molecule has 0 saturated carbocycles. The molecule has 0 aliphatic heterocycles. The van der Waals surface area contributed by atoms with Gasteiger partial charge in [-0.2, -0.15) is 0 Å². The maximum Gasteiger partial charge on any atom is 0.357 e. The van der Waals surface area contributed by atoms with E-state index in [9.17, 15) is 19.7 Å². The Morgan fingerprint density at radius 2 is 1.67 bits per heavy atom. The first-order valence-electron chi connectivity index (χ1n) is 6.11. The summed E-state index contributed by atoms with van der Waals surface area (Å²) >= 11 is 0. The van der Waals surface area contributed by atoms with Gasteiger partial charge in [0.1, 0.15) is 5.69 Å². The lowest BCUT2D eigenvalue weighted by molar-refractivity contribution is -0.387. The van der Waals surface area contributed by atoms with Gasteiger partial charge in [0.05, 0.1) is 4.92 Å². The van der Waals surface area contributed by atoms with Crippen molar-refractivity contribution in [2.75, 3.05) is 0 Å². The average Bonchev–Trinajstić information content (AvgIpc) is 2.48. The van der Waals surface area contributed by atoms with Crippen molar-refractivity contribution in [3.63, 3.8) is 0 Å². The van der Waals surface area contributed by atoms with Gasteiger partial charge in [-0.15, -0.1) is 0 Å². The highest BCUT2D eigenvalue weighted by molar-refractivity contribution is 5.71. The molecule has 0 saturated heterocycles. The zero-order valence-corrected chi connectivity index (χ0v) is 11.5. The van der Waals surface area contributed by atoms with Crippen molar-refractivity contribution in [2.24, 2.45) is 14.1 Å². The van der Waals surface area contributed by atoms with Gasteiger partial charge < -0.3 is 0 Å².